The van der Waals surface area contributed by atoms with Crippen molar-refractivity contribution in [2.45, 2.75) is 0 Å². The fourth-order valence-corrected chi connectivity index (χ4v) is 2.90. The van der Waals surface area contributed by atoms with Gasteiger partial charge in [-0.25, -0.2) is 0 Å². The number of ether oxygens (including phenoxy) is 2. The monoisotopic (exact) mass is 367 g/mol. The van der Waals surface area contributed by atoms with Gasteiger partial charge < -0.3 is 9.47 Å². The number of carbonyl (C=O) groups excluding carboxylic acids is 1. The van der Waals surface area contributed by atoms with Gasteiger partial charge in [-0.05, 0) is 48.5 Å². The summed E-state index contributed by atoms with van der Waals surface area (Å²) in [5, 5.41) is 12.1. The number of benzene rings is 2. The van der Waals surface area contributed by atoms with Crippen LogP contribution in [0.25, 0.3) is 10.6 Å². The first kappa shape index (κ1) is 17.6. The SMILES string of the molecule is C=CCOc1ccc(C(=O)Nc2nnc(-c3ccc(OC)cc3)s2)cc1. The summed E-state index contributed by atoms with van der Waals surface area (Å²) in [6.07, 6.45) is 1.66. The highest BCUT2D eigenvalue weighted by atomic mass is 32.1. The van der Waals surface area contributed by atoms with Gasteiger partial charge in [-0.2, -0.15) is 0 Å². The highest BCUT2D eigenvalue weighted by Gasteiger charge is 2.11. The van der Waals surface area contributed by atoms with Crippen molar-refractivity contribution in [1.82, 2.24) is 10.2 Å². The lowest BCUT2D eigenvalue weighted by Crippen LogP contribution is -2.11. The number of amides is 1. The molecule has 7 heteroatoms. The molecule has 0 unspecified atom stereocenters. The van der Waals surface area contributed by atoms with E-state index >= 15 is 0 Å². The molecule has 26 heavy (non-hydrogen) atoms. The molecule has 0 aliphatic carbocycles. The van der Waals surface area contributed by atoms with Gasteiger partial charge in [-0.1, -0.05) is 24.0 Å². The fourth-order valence-electron chi connectivity index (χ4n) is 2.15. The van der Waals surface area contributed by atoms with Crippen molar-refractivity contribution in [3.63, 3.8) is 0 Å². The first-order valence-electron chi connectivity index (χ1n) is 7.82. The lowest BCUT2D eigenvalue weighted by Gasteiger charge is -2.04. The zero-order valence-electron chi connectivity index (χ0n) is 14.1. The Bertz CT molecular complexity index is 889. The molecule has 1 N–H and O–H groups in total. The Kier molecular flexibility index (Phi) is 5.60. The van der Waals surface area contributed by atoms with E-state index in [0.29, 0.717) is 23.1 Å². The van der Waals surface area contributed by atoms with Crippen LogP contribution in [0.3, 0.4) is 0 Å². The van der Waals surface area contributed by atoms with E-state index in [1.165, 1.54) is 11.3 Å². The van der Waals surface area contributed by atoms with Crippen LogP contribution in [0.15, 0.2) is 61.2 Å². The maximum atomic E-state index is 12.3. The number of rotatable bonds is 7. The van der Waals surface area contributed by atoms with E-state index < -0.39 is 0 Å². The number of hydrogen-bond acceptors (Lipinski definition) is 6. The second kappa shape index (κ2) is 8.26. The van der Waals surface area contributed by atoms with Gasteiger partial charge in [0.1, 0.15) is 23.1 Å². The summed E-state index contributed by atoms with van der Waals surface area (Å²) in [6, 6.07) is 14.4. The van der Waals surface area contributed by atoms with Crippen molar-refractivity contribution >= 4 is 22.4 Å². The minimum atomic E-state index is -0.252. The van der Waals surface area contributed by atoms with Crippen molar-refractivity contribution < 1.29 is 14.3 Å². The maximum Gasteiger partial charge on any atom is 0.257 e. The molecule has 0 aliphatic rings. The van der Waals surface area contributed by atoms with Crippen molar-refractivity contribution in [3.8, 4) is 22.1 Å². The lowest BCUT2D eigenvalue weighted by atomic mass is 10.2. The lowest BCUT2D eigenvalue weighted by molar-refractivity contribution is 0.102. The molecule has 0 saturated carbocycles. The molecule has 0 radical (unpaired) electrons. The number of nitrogens with zero attached hydrogens (tertiary/aromatic N) is 2. The smallest absolute Gasteiger partial charge is 0.257 e. The Morgan fingerprint density at radius 3 is 2.46 bits per heavy atom. The van der Waals surface area contributed by atoms with E-state index in [-0.39, 0.29) is 5.91 Å². The third-order valence-electron chi connectivity index (χ3n) is 3.47. The van der Waals surface area contributed by atoms with Crippen LogP contribution in [-0.4, -0.2) is 29.8 Å². The number of methoxy groups -OCH3 is 1. The summed E-state index contributed by atoms with van der Waals surface area (Å²) >= 11 is 1.31. The van der Waals surface area contributed by atoms with Gasteiger partial charge in [0, 0.05) is 11.1 Å². The standard InChI is InChI=1S/C19H17N3O3S/c1-3-12-25-16-10-4-13(5-11-16)17(23)20-19-22-21-18(26-19)14-6-8-15(24-2)9-7-14/h3-11H,1,12H2,2H3,(H,20,22,23). The molecule has 3 aromatic rings. The zero-order valence-corrected chi connectivity index (χ0v) is 15.0. The largest absolute Gasteiger partial charge is 0.497 e. The molecule has 0 saturated heterocycles. The van der Waals surface area contributed by atoms with E-state index in [9.17, 15) is 4.79 Å². The van der Waals surface area contributed by atoms with E-state index in [1.807, 2.05) is 24.3 Å². The van der Waals surface area contributed by atoms with Gasteiger partial charge in [0.05, 0.1) is 7.11 Å². The second-order valence-electron chi connectivity index (χ2n) is 5.22. The van der Waals surface area contributed by atoms with Crippen LogP contribution in [-0.2, 0) is 0 Å². The van der Waals surface area contributed by atoms with Gasteiger partial charge in [0.15, 0.2) is 0 Å². The van der Waals surface area contributed by atoms with E-state index in [2.05, 4.69) is 22.1 Å². The molecule has 0 atom stereocenters. The minimum absolute atomic E-state index is 0.252. The highest BCUT2D eigenvalue weighted by molar-refractivity contribution is 7.18. The molecule has 0 spiro atoms. The summed E-state index contributed by atoms with van der Waals surface area (Å²) in [6.45, 7) is 4.01. The Hall–Kier alpha value is -3.19. The van der Waals surface area contributed by atoms with Crippen LogP contribution in [0.4, 0.5) is 5.13 Å². The third kappa shape index (κ3) is 4.25. The van der Waals surface area contributed by atoms with E-state index in [1.54, 1.807) is 37.5 Å². The number of aromatic nitrogens is 2. The molecule has 2 aromatic carbocycles. The van der Waals surface area contributed by atoms with Crippen LogP contribution in [0.1, 0.15) is 10.4 Å². The predicted octanol–water partition coefficient (Wildman–Crippen LogP) is 4.03. The quantitative estimate of drug-likeness (QED) is 0.638. The molecule has 1 heterocycles. The average molecular weight is 367 g/mol. The van der Waals surface area contributed by atoms with Gasteiger partial charge in [-0.3, -0.25) is 10.1 Å². The molecule has 0 aliphatic heterocycles. The molecule has 132 valence electrons. The van der Waals surface area contributed by atoms with Crippen LogP contribution in [0.2, 0.25) is 0 Å². The average Bonchev–Trinajstić information content (AvgIpc) is 3.15. The topological polar surface area (TPSA) is 73.3 Å². The fraction of sp³-hybridized carbons (Fsp3) is 0.105. The first-order valence-corrected chi connectivity index (χ1v) is 8.64. The predicted molar refractivity (Wildman–Crippen MR) is 102 cm³/mol. The molecule has 6 nitrogen and oxygen atoms in total. The normalized spacial score (nSPS) is 10.2. The van der Waals surface area contributed by atoms with Crippen LogP contribution < -0.4 is 14.8 Å². The molecule has 1 aromatic heterocycles. The van der Waals surface area contributed by atoms with E-state index in [0.717, 1.165) is 16.3 Å². The van der Waals surface area contributed by atoms with Gasteiger partial charge in [0.2, 0.25) is 5.13 Å². The Morgan fingerprint density at radius 1 is 1.12 bits per heavy atom. The van der Waals surface area contributed by atoms with Crippen molar-refractivity contribution in [3.05, 3.63) is 66.7 Å². The molecule has 0 bridgehead atoms. The molecular weight excluding hydrogens is 350 g/mol. The second-order valence-corrected chi connectivity index (χ2v) is 6.20. The van der Waals surface area contributed by atoms with Gasteiger partial charge in [0.25, 0.3) is 5.91 Å². The molecular formula is C19H17N3O3S. The Balaban J connectivity index is 1.66. The summed E-state index contributed by atoms with van der Waals surface area (Å²) in [5.74, 6) is 1.20. The zero-order chi connectivity index (χ0) is 18.4. The van der Waals surface area contributed by atoms with Crippen LogP contribution in [0, 0.1) is 0 Å². The van der Waals surface area contributed by atoms with Crippen LogP contribution in [0.5, 0.6) is 11.5 Å². The Morgan fingerprint density at radius 2 is 1.81 bits per heavy atom. The summed E-state index contributed by atoms with van der Waals surface area (Å²) in [4.78, 5) is 12.3. The van der Waals surface area contributed by atoms with Gasteiger partial charge >= 0.3 is 0 Å². The van der Waals surface area contributed by atoms with E-state index in [4.69, 9.17) is 9.47 Å². The maximum absolute atomic E-state index is 12.3. The highest BCUT2D eigenvalue weighted by Crippen LogP contribution is 2.28. The number of nitrogens with one attached hydrogen (secondary N) is 1. The number of anilines is 1. The third-order valence-corrected chi connectivity index (χ3v) is 4.35. The number of hydrogen-bond donors (Lipinski definition) is 1. The summed E-state index contributed by atoms with van der Waals surface area (Å²) in [7, 11) is 1.62. The first-order chi connectivity index (χ1) is 12.7. The molecule has 0 fully saturated rings. The summed E-state index contributed by atoms with van der Waals surface area (Å²) in [5.41, 5.74) is 1.42. The Labute approximate surface area is 155 Å². The van der Waals surface area contributed by atoms with Crippen molar-refractivity contribution in [2.75, 3.05) is 19.0 Å². The molecule has 3 rings (SSSR count). The minimum Gasteiger partial charge on any atom is -0.497 e. The van der Waals surface area contributed by atoms with Crippen molar-refractivity contribution in [2.24, 2.45) is 0 Å². The molecule has 1 amide bonds. The summed E-state index contributed by atoms with van der Waals surface area (Å²) < 4.78 is 10.5. The van der Waals surface area contributed by atoms with Gasteiger partial charge in [-0.15, -0.1) is 10.2 Å². The van der Waals surface area contributed by atoms with Crippen molar-refractivity contribution in [1.29, 1.82) is 0 Å². The number of carbonyl (C=O) groups is 1. The van der Waals surface area contributed by atoms with Crippen LogP contribution >= 0.6 is 11.3 Å².